The molecule has 4 heteroatoms. The van der Waals surface area contributed by atoms with Gasteiger partial charge >= 0.3 is 6.03 Å². The highest BCUT2D eigenvalue weighted by atomic mass is 16.3. The SMILES string of the molecule is C[C@@H](CCc1ccco1)N(C)C(=O)N(C)C. The van der Waals surface area contributed by atoms with Gasteiger partial charge in [-0.15, -0.1) is 0 Å². The summed E-state index contributed by atoms with van der Waals surface area (Å²) in [6.45, 7) is 2.05. The summed E-state index contributed by atoms with van der Waals surface area (Å²) >= 11 is 0. The van der Waals surface area contributed by atoms with Gasteiger partial charge in [0.25, 0.3) is 0 Å². The predicted octanol–water partition coefficient (Wildman–Crippen LogP) is 2.21. The second kappa shape index (κ2) is 5.58. The van der Waals surface area contributed by atoms with E-state index in [1.807, 2.05) is 26.1 Å². The van der Waals surface area contributed by atoms with Gasteiger partial charge in [0.2, 0.25) is 0 Å². The van der Waals surface area contributed by atoms with Gasteiger partial charge in [-0.25, -0.2) is 4.79 Å². The second-order valence-corrected chi connectivity index (χ2v) is 4.25. The summed E-state index contributed by atoms with van der Waals surface area (Å²) in [5.41, 5.74) is 0. The molecule has 4 nitrogen and oxygen atoms in total. The second-order valence-electron chi connectivity index (χ2n) is 4.25. The number of hydrogen-bond acceptors (Lipinski definition) is 2. The van der Waals surface area contributed by atoms with Gasteiger partial charge in [0.05, 0.1) is 6.26 Å². The minimum absolute atomic E-state index is 0.0342. The normalized spacial score (nSPS) is 12.2. The maximum atomic E-state index is 11.7. The van der Waals surface area contributed by atoms with Crippen molar-refractivity contribution in [2.45, 2.75) is 25.8 Å². The maximum Gasteiger partial charge on any atom is 0.319 e. The molecule has 0 fully saturated rings. The van der Waals surface area contributed by atoms with E-state index in [4.69, 9.17) is 4.42 Å². The molecule has 0 aliphatic rings. The van der Waals surface area contributed by atoms with Crippen molar-refractivity contribution in [2.24, 2.45) is 0 Å². The molecule has 0 saturated carbocycles. The lowest BCUT2D eigenvalue weighted by Gasteiger charge is -2.27. The zero-order valence-electron chi connectivity index (χ0n) is 10.4. The van der Waals surface area contributed by atoms with Gasteiger partial charge in [-0.05, 0) is 25.5 Å². The van der Waals surface area contributed by atoms with Crippen molar-refractivity contribution in [3.05, 3.63) is 24.2 Å². The van der Waals surface area contributed by atoms with E-state index in [0.717, 1.165) is 18.6 Å². The van der Waals surface area contributed by atoms with Crippen LogP contribution in [0.4, 0.5) is 4.79 Å². The van der Waals surface area contributed by atoms with Crippen LogP contribution in [0.15, 0.2) is 22.8 Å². The van der Waals surface area contributed by atoms with Crippen molar-refractivity contribution in [3.8, 4) is 0 Å². The molecule has 0 aromatic carbocycles. The summed E-state index contributed by atoms with van der Waals surface area (Å²) in [6.07, 6.45) is 3.44. The first-order valence-electron chi connectivity index (χ1n) is 5.49. The number of rotatable bonds is 4. The molecule has 0 saturated heterocycles. The largest absolute Gasteiger partial charge is 0.469 e. The Morgan fingerprint density at radius 2 is 2.12 bits per heavy atom. The Morgan fingerprint density at radius 3 is 2.62 bits per heavy atom. The fourth-order valence-electron chi connectivity index (χ4n) is 1.50. The van der Waals surface area contributed by atoms with Crippen molar-refractivity contribution in [2.75, 3.05) is 21.1 Å². The molecular formula is C12H20N2O2. The summed E-state index contributed by atoms with van der Waals surface area (Å²) in [5.74, 6) is 0.970. The van der Waals surface area contributed by atoms with Crippen LogP contribution in [0.5, 0.6) is 0 Å². The zero-order valence-corrected chi connectivity index (χ0v) is 10.4. The van der Waals surface area contributed by atoms with E-state index in [1.165, 1.54) is 0 Å². The molecule has 1 heterocycles. The van der Waals surface area contributed by atoms with E-state index >= 15 is 0 Å². The third kappa shape index (κ3) is 3.29. The van der Waals surface area contributed by atoms with Crippen LogP contribution in [0.25, 0.3) is 0 Å². The van der Waals surface area contributed by atoms with Gasteiger partial charge in [0.1, 0.15) is 5.76 Å². The molecule has 1 aromatic heterocycles. The van der Waals surface area contributed by atoms with Gasteiger partial charge in [0, 0.05) is 33.6 Å². The van der Waals surface area contributed by atoms with Crippen LogP contribution >= 0.6 is 0 Å². The lowest BCUT2D eigenvalue weighted by Crippen LogP contribution is -2.41. The van der Waals surface area contributed by atoms with Crippen LogP contribution in [0.2, 0.25) is 0 Å². The van der Waals surface area contributed by atoms with Crippen molar-refractivity contribution >= 4 is 6.03 Å². The summed E-state index contributed by atoms with van der Waals surface area (Å²) in [4.78, 5) is 15.0. The molecule has 16 heavy (non-hydrogen) atoms. The quantitative estimate of drug-likeness (QED) is 0.786. The predicted molar refractivity (Wildman–Crippen MR) is 63.3 cm³/mol. The number of furan rings is 1. The first-order valence-corrected chi connectivity index (χ1v) is 5.49. The van der Waals surface area contributed by atoms with Gasteiger partial charge in [-0.3, -0.25) is 0 Å². The zero-order chi connectivity index (χ0) is 12.1. The molecule has 90 valence electrons. The van der Waals surface area contributed by atoms with Crippen LogP contribution in [0, 0.1) is 0 Å². The Labute approximate surface area is 96.8 Å². The van der Waals surface area contributed by atoms with Crippen LogP contribution in [0.3, 0.4) is 0 Å². The lowest BCUT2D eigenvalue weighted by molar-refractivity contribution is 0.164. The van der Waals surface area contributed by atoms with E-state index in [2.05, 4.69) is 0 Å². The third-order valence-corrected chi connectivity index (χ3v) is 2.73. The number of urea groups is 1. The fraction of sp³-hybridized carbons (Fsp3) is 0.583. The van der Waals surface area contributed by atoms with Crippen LogP contribution in [-0.2, 0) is 6.42 Å². The molecule has 0 aliphatic heterocycles. The smallest absolute Gasteiger partial charge is 0.319 e. The summed E-state index contributed by atoms with van der Waals surface area (Å²) < 4.78 is 5.26. The van der Waals surface area contributed by atoms with E-state index in [1.54, 1.807) is 30.2 Å². The molecule has 0 spiro atoms. The number of amides is 2. The molecular weight excluding hydrogens is 204 g/mol. The van der Waals surface area contributed by atoms with Crippen molar-refractivity contribution in [1.29, 1.82) is 0 Å². The Kier molecular flexibility index (Phi) is 4.40. The van der Waals surface area contributed by atoms with Crippen LogP contribution < -0.4 is 0 Å². The van der Waals surface area contributed by atoms with Crippen molar-refractivity contribution in [3.63, 3.8) is 0 Å². The topological polar surface area (TPSA) is 36.7 Å². The monoisotopic (exact) mass is 224 g/mol. The molecule has 0 radical (unpaired) electrons. The molecule has 1 aromatic rings. The number of nitrogens with zero attached hydrogens (tertiary/aromatic N) is 2. The highest BCUT2D eigenvalue weighted by Crippen LogP contribution is 2.10. The first kappa shape index (κ1) is 12.6. The summed E-state index contributed by atoms with van der Waals surface area (Å²) in [6, 6.07) is 4.08. The highest BCUT2D eigenvalue weighted by molar-refractivity contribution is 5.73. The maximum absolute atomic E-state index is 11.7. The molecule has 0 bridgehead atoms. The van der Waals surface area contributed by atoms with E-state index in [-0.39, 0.29) is 12.1 Å². The number of aryl methyl sites for hydroxylation is 1. The minimum atomic E-state index is 0.0342. The highest BCUT2D eigenvalue weighted by Gasteiger charge is 2.17. The van der Waals surface area contributed by atoms with Crippen molar-refractivity contribution in [1.82, 2.24) is 9.80 Å². The van der Waals surface area contributed by atoms with E-state index in [0.29, 0.717) is 0 Å². The van der Waals surface area contributed by atoms with Gasteiger partial charge in [0.15, 0.2) is 0 Å². The average molecular weight is 224 g/mol. The van der Waals surface area contributed by atoms with E-state index in [9.17, 15) is 4.79 Å². The fourth-order valence-corrected chi connectivity index (χ4v) is 1.50. The number of carbonyl (C=O) groups excluding carboxylic acids is 1. The molecule has 2 amide bonds. The molecule has 1 rings (SSSR count). The van der Waals surface area contributed by atoms with Gasteiger partial charge < -0.3 is 14.2 Å². The Morgan fingerprint density at radius 1 is 1.44 bits per heavy atom. The van der Waals surface area contributed by atoms with Crippen LogP contribution in [-0.4, -0.2) is 43.0 Å². The van der Waals surface area contributed by atoms with E-state index < -0.39 is 0 Å². The van der Waals surface area contributed by atoms with Crippen LogP contribution in [0.1, 0.15) is 19.1 Å². The molecule has 0 unspecified atom stereocenters. The first-order chi connectivity index (χ1) is 7.52. The Bertz CT molecular complexity index is 320. The molecule has 1 atom stereocenters. The molecule has 0 aliphatic carbocycles. The average Bonchev–Trinajstić information content (AvgIpc) is 2.76. The van der Waals surface area contributed by atoms with Gasteiger partial charge in [-0.1, -0.05) is 0 Å². The molecule has 0 N–H and O–H groups in total. The van der Waals surface area contributed by atoms with Gasteiger partial charge in [-0.2, -0.15) is 0 Å². The number of hydrogen-bond donors (Lipinski definition) is 0. The summed E-state index contributed by atoms with van der Waals surface area (Å²) in [5, 5.41) is 0. The lowest BCUT2D eigenvalue weighted by atomic mass is 10.1. The minimum Gasteiger partial charge on any atom is -0.469 e. The third-order valence-electron chi connectivity index (χ3n) is 2.73. The van der Waals surface area contributed by atoms with Crippen molar-refractivity contribution < 1.29 is 9.21 Å². The Balaban J connectivity index is 2.40. The summed E-state index contributed by atoms with van der Waals surface area (Å²) in [7, 11) is 5.35. The Hall–Kier alpha value is -1.45. The standard InChI is InChI=1S/C12H20N2O2/c1-10(14(4)12(15)13(2)3)7-8-11-6-5-9-16-11/h5-6,9-10H,7-8H2,1-4H3/t10-/m0/s1. The number of carbonyl (C=O) groups is 1.